The van der Waals surface area contributed by atoms with Crippen LogP contribution in [0.25, 0.3) is 0 Å². The predicted octanol–water partition coefficient (Wildman–Crippen LogP) is 1.77. The summed E-state index contributed by atoms with van der Waals surface area (Å²) in [5.41, 5.74) is 3.40. The van der Waals surface area contributed by atoms with Gasteiger partial charge in [-0.05, 0) is 20.9 Å². The summed E-state index contributed by atoms with van der Waals surface area (Å²) in [5, 5.41) is 11.7. The molecule has 0 saturated carbocycles. The highest BCUT2D eigenvalue weighted by atomic mass is 16.5. The minimum absolute atomic E-state index is 0.276. The van der Waals surface area contributed by atoms with Gasteiger partial charge in [0.25, 0.3) is 0 Å². The summed E-state index contributed by atoms with van der Waals surface area (Å²) in [6.07, 6.45) is 0. The van der Waals surface area contributed by atoms with Crippen molar-refractivity contribution in [3.63, 3.8) is 0 Å². The Morgan fingerprint density at radius 1 is 1.32 bits per heavy atom. The van der Waals surface area contributed by atoms with E-state index in [2.05, 4.69) is 27.5 Å². The summed E-state index contributed by atoms with van der Waals surface area (Å²) in [4.78, 5) is 4.38. The second kappa shape index (κ2) is 5.52. The van der Waals surface area contributed by atoms with E-state index in [-0.39, 0.29) is 5.92 Å². The first-order valence-corrected chi connectivity index (χ1v) is 6.52. The minimum atomic E-state index is 0.276. The third kappa shape index (κ3) is 2.84. The van der Waals surface area contributed by atoms with Gasteiger partial charge in [0.2, 0.25) is 5.89 Å². The van der Waals surface area contributed by atoms with Crippen LogP contribution in [0.3, 0.4) is 0 Å². The van der Waals surface area contributed by atoms with Crippen molar-refractivity contribution in [2.75, 3.05) is 7.05 Å². The van der Waals surface area contributed by atoms with Crippen molar-refractivity contribution >= 4 is 0 Å². The molecule has 2 rings (SSSR count). The molecule has 0 aromatic carbocycles. The van der Waals surface area contributed by atoms with E-state index >= 15 is 0 Å². The summed E-state index contributed by atoms with van der Waals surface area (Å²) in [6, 6.07) is 0. The quantitative estimate of drug-likeness (QED) is 0.890. The van der Waals surface area contributed by atoms with Crippen molar-refractivity contribution in [2.24, 2.45) is 0 Å². The van der Waals surface area contributed by atoms with Gasteiger partial charge < -0.3 is 9.84 Å². The highest BCUT2D eigenvalue weighted by molar-refractivity contribution is 5.24. The number of aryl methyl sites for hydroxylation is 1. The number of nitrogens with one attached hydrogen (secondary N) is 1. The van der Waals surface area contributed by atoms with Crippen LogP contribution in [-0.4, -0.2) is 27.0 Å². The average molecular weight is 263 g/mol. The lowest BCUT2D eigenvalue weighted by atomic mass is 10.2. The van der Waals surface area contributed by atoms with Crippen LogP contribution in [0, 0.1) is 13.8 Å². The second-order valence-electron chi connectivity index (χ2n) is 5.04. The molecule has 1 N–H and O–H groups in total. The van der Waals surface area contributed by atoms with E-state index in [1.165, 1.54) is 5.56 Å². The second-order valence-corrected chi connectivity index (χ2v) is 5.04. The molecule has 104 valence electrons. The van der Waals surface area contributed by atoms with E-state index in [4.69, 9.17) is 4.52 Å². The fourth-order valence-electron chi connectivity index (χ4n) is 2.02. The fourth-order valence-corrected chi connectivity index (χ4v) is 2.02. The van der Waals surface area contributed by atoms with E-state index < -0.39 is 0 Å². The molecule has 2 aromatic heterocycles. The molecule has 0 atom stereocenters. The van der Waals surface area contributed by atoms with Crippen LogP contribution < -0.4 is 5.32 Å². The van der Waals surface area contributed by atoms with Crippen molar-refractivity contribution in [1.29, 1.82) is 0 Å². The number of hydrogen-bond acceptors (Lipinski definition) is 5. The van der Waals surface area contributed by atoms with Crippen LogP contribution in [0.15, 0.2) is 4.52 Å². The number of rotatable bonds is 5. The molecule has 2 heterocycles. The zero-order chi connectivity index (χ0) is 14.0. The molecule has 0 aliphatic carbocycles. The molecular formula is C13H21N5O. The Kier molecular flexibility index (Phi) is 3.99. The third-order valence-corrected chi connectivity index (χ3v) is 3.17. The Bertz CT molecular complexity index is 555. The van der Waals surface area contributed by atoms with Crippen molar-refractivity contribution in [1.82, 2.24) is 25.2 Å². The Hall–Kier alpha value is -1.69. The molecule has 0 aliphatic rings. The van der Waals surface area contributed by atoms with Gasteiger partial charge in [-0.15, -0.1) is 0 Å². The largest absolute Gasteiger partial charge is 0.337 e. The molecule has 0 amide bonds. The topological polar surface area (TPSA) is 68.8 Å². The normalized spacial score (nSPS) is 11.5. The van der Waals surface area contributed by atoms with Crippen LogP contribution in [0.2, 0.25) is 0 Å². The minimum Gasteiger partial charge on any atom is -0.337 e. The van der Waals surface area contributed by atoms with Gasteiger partial charge in [0, 0.05) is 23.7 Å². The highest BCUT2D eigenvalue weighted by Gasteiger charge is 2.14. The van der Waals surface area contributed by atoms with Gasteiger partial charge in [-0.3, -0.25) is 4.68 Å². The SMILES string of the molecule is CNCc1c(C)nn(Cc2nc(C(C)C)no2)c1C. The molecule has 19 heavy (non-hydrogen) atoms. The van der Waals surface area contributed by atoms with Crippen LogP contribution in [-0.2, 0) is 13.1 Å². The average Bonchev–Trinajstić information content (AvgIpc) is 2.91. The smallest absolute Gasteiger partial charge is 0.248 e. The van der Waals surface area contributed by atoms with Gasteiger partial charge >= 0.3 is 0 Å². The molecule has 0 fully saturated rings. The first-order chi connectivity index (χ1) is 9.02. The van der Waals surface area contributed by atoms with Crippen molar-refractivity contribution in [2.45, 2.75) is 46.7 Å². The third-order valence-electron chi connectivity index (χ3n) is 3.17. The van der Waals surface area contributed by atoms with Crippen LogP contribution in [0.5, 0.6) is 0 Å². The van der Waals surface area contributed by atoms with Crippen LogP contribution in [0.4, 0.5) is 0 Å². The molecule has 0 unspecified atom stereocenters. The van der Waals surface area contributed by atoms with Crippen molar-refractivity contribution in [3.8, 4) is 0 Å². The van der Waals surface area contributed by atoms with E-state index in [1.54, 1.807) is 0 Å². The van der Waals surface area contributed by atoms with Gasteiger partial charge in [-0.2, -0.15) is 10.1 Å². The standard InChI is InChI=1S/C13H21N5O/c1-8(2)13-15-12(19-17-13)7-18-10(4)11(6-14-5)9(3)16-18/h8,14H,6-7H2,1-5H3. The lowest BCUT2D eigenvalue weighted by molar-refractivity contribution is 0.358. The maximum absolute atomic E-state index is 5.26. The van der Waals surface area contributed by atoms with Gasteiger partial charge in [0.05, 0.1) is 5.69 Å². The van der Waals surface area contributed by atoms with Gasteiger partial charge in [0.15, 0.2) is 5.82 Å². The van der Waals surface area contributed by atoms with Crippen LogP contribution in [0.1, 0.15) is 48.4 Å². The summed E-state index contributed by atoms with van der Waals surface area (Å²) >= 11 is 0. The highest BCUT2D eigenvalue weighted by Crippen LogP contribution is 2.15. The molecule has 0 saturated heterocycles. The molecule has 0 spiro atoms. The zero-order valence-electron chi connectivity index (χ0n) is 12.2. The number of hydrogen-bond donors (Lipinski definition) is 1. The first kappa shape index (κ1) is 13.7. The Morgan fingerprint density at radius 2 is 2.05 bits per heavy atom. The molecular weight excluding hydrogens is 242 g/mol. The maximum Gasteiger partial charge on any atom is 0.248 e. The lowest BCUT2D eigenvalue weighted by Gasteiger charge is -2.02. The van der Waals surface area contributed by atoms with E-state index in [0.29, 0.717) is 12.4 Å². The Balaban J connectivity index is 2.20. The summed E-state index contributed by atoms with van der Waals surface area (Å²) in [5.74, 6) is 1.62. The molecule has 0 bridgehead atoms. The Morgan fingerprint density at radius 3 is 2.63 bits per heavy atom. The monoisotopic (exact) mass is 263 g/mol. The van der Waals surface area contributed by atoms with Gasteiger partial charge in [-0.25, -0.2) is 0 Å². The molecule has 6 heteroatoms. The zero-order valence-corrected chi connectivity index (χ0v) is 12.2. The molecule has 2 aromatic rings. The fraction of sp³-hybridized carbons (Fsp3) is 0.615. The predicted molar refractivity (Wildman–Crippen MR) is 72.0 cm³/mol. The van der Waals surface area contributed by atoms with Crippen molar-refractivity contribution < 1.29 is 4.52 Å². The number of nitrogens with zero attached hydrogens (tertiary/aromatic N) is 4. The van der Waals surface area contributed by atoms with Gasteiger partial charge in [0.1, 0.15) is 6.54 Å². The summed E-state index contributed by atoms with van der Waals surface area (Å²) in [7, 11) is 1.93. The summed E-state index contributed by atoms with van der Waals surface area (Å²) < 4.78 is 7.17. The van der Waals surface area contributed by atoms with Crippen LogP contribution >= 0.6 is 0 Å². The maximum atomic E-state index is 5.26. The van der Waals surface area contributed by atoms with E-state index in [9.17, 15) is 0 Å². The summed E-state index contributed by atoms with van der Waals surface area (Å²) in [6.45, 7) is 9.51. The van der Waals surface area contributed by atoms with E-state index in [0.717, 1.165) is 23.8 Å². The molecule has 6 nitrogen and oxygen atoms in total. The molecule has 0 aliphatic heterocycles. The number of aromatic nitrogens is 4. The Labute approximate surface area is 113 Å². The van der Waals surface area contributed by atoms with Gasteiger partial charge in [-0.1, -0.05) is 19.0 Å². The first-order valence-electron chi connectivity index (χ1n) is 6.52. The van der Waals surface area contributed by atoms with E-state index in [1.807, 2.05) is 32.5 Å². The lowest BCUT2D eigenvalue weighted by Crippen LogP contribution is -2.08. The molecule has 0 radical (unpaired) electrons. The van der Waals surface area contributed by atoms with Crippen molar-refractivity contribution in [3.05, 3.63) is 28.7 Å².